The average molecular weight is 343 g/mol. The van der Waals surface area contributed by atoms with Gasteiger partial charge in [0.15, 0.2) is 5.58 Å². The summed E-state index contributed by atoms with van der Waals surface area (Å²) in [5, 5.41) is 13.4. The van der Waals surface area contributed by atoms with Gasteiger partial charge >= 0.3 is 0 Å². The highest BCUT2D eigenvalue weighted by atomic mass is 32.2. The highest BCUT2D eigenvalue weighted by Gasteiger charge is 2.19. The number of benzene rings is 2. The number of rotatable bonds is 5. The lowest BCUT2D eigenvalue weighted by Gasteiger charge is -2.09. The van der Waals surface area contributed by atoms with Crippen molar-refractivity contribution in [1.29, 1.82) is 0 Å². The second kappa shape index (κ2) is 6.71. The Kier molecular flexibility index (Phi) is 4.48. The summed E-state index contributed by atoms with van der Waals surface area (Å²) in [6.07, 6.45) is 0. The molecule has 2 aromatic carbocycles. The Hall–Kier alpha value is -2.87. The zero-order valence-electron chi connectivity index (χ0n) is 12.6. The van der Waals surface area contributed by atoms with Gasteiger partial charge in [-0.2, -0.15) is 0 Å². The van der Waals surface area contributed by atoms with E-state index in [0.717, 1.165) is 5.52 Å². The Morgan fingerprint density at radius 1 is 1.29 bits per heavy atom. The van der Waals surface area contributed by atoms with Crippen molar-refractivity contribution >= 4 is 40.1 Å². The maximum Gasteiger partial charge on any atom is 0.271 e. The number of oxazole rings is 1. The lowest BCUT2D eigenvalue weighted by molar-refractivity contribution is -0.384. The maximum absolute atomic E-state index is 12.2. The maximum atomic E-state index is 12.2. The molecular formula is C16H13N3O4S. The number of non-ortho nitro benzene ring substituents is 1. The molecule has 0 saturated heterocycles. The Balaban J connectivity index is 1.68. The number of nitrogens with one attached hydrogen (secondary N) is 1. The van der Waals surface area contributed by atoms with E-state index in [4.69, 9.17) is 4.42 Å². The largest absolute Gasteiger partial charge is 0.431 e. The number of amides is 1. The van der Waals surface area contributed by atoms with E-state index >= 15 is 0 Å². The predicted molar refractivity (Wildman–Crippen MR) is 91.1 cm³/mol. The van der Waals surface area contributed by atoms with E-state index in [2.05, 4.69) is 10.3 Å². The number of hydrogen-bond acceptors (Lipinski definition) is 6. The van der Waals surface area contributed by atoms with Crippen molar-refractivity contribution in [1.82, 2.24) is 4.98 Å². The number of nitro benzene ring substituents is 1. The van der Waals surface area contributed by atoms with Crippen LogP contribution in [-0.4, -0.2) is 21.1 Å². The second-order valence-corrected chi connectivity index (χ2v) is 6.30. The number of para-hydroxylation sites is 2. The van der Waals surface area contributed by atoms with Gasteiger partial charge in [-0.25, -0.2) is 4.98 Å². The third-order valence-corrected chi connectivity index (χ3v) is 4.19. The minimum atomic E-state index is -0.508. The summed E-state index contributed by atoms with van der Waals surface area (Å²) in [5.74, 6) is -0.289. The first-order valence-electron chi connectivity index (χ1n) is 7.10. The summed E-state index contributed by atoms with van der Waals surface area (Å²) in [4.78, 5) is 26.8. The van der Waals surface area contributed by atoms with Gasteiger partial charge in [0.05, 0.1) is 10.2 Å². The van der Waals surface area contributed by atoms with Crippen LogP contribution < -0.4 is 5.32 Å². The van der Waals surface area contributed by atoms with E-state index in [1.807, 2.05) is 18.2 Å². The molecule has 122 valence electrons. The van der Waals surface area contributed by atoms with Crippen LogP contribution in [0.2, 0.25) is 0 Å². The van der Waals surface area contributed by atoms with E-state index in [1.54, 1.807) is 19.1 Å². The summed E-state index contributed by atoms with van der Waals surface area (Å²) >= 11 is 1.18. The van der Waals surface area contributed by atoms with Gasteiger partial charge in [-0.1, -0.05) is 30.0 Å². The van der Waals surface area contributed by atoms with E-state index in [1.165, 1.54) is 30.0 Å². The van der Waals surface area contributed by atoms with Crippen molar-refractivity contribution in [2.75, 3.05) is 5.32 Å². The first-order chi connectivity index (χ1) is 11.5. The number of aromatic nitrogens is 1. The van der Waals surface area contributed by atoms with Crippen LogP contribution in [0.3, 0.4) is 0 Å². The van der Waals surface area contributed by atoms with Gasteiger partial charge in [-0.05, 0) is 25.1 Å². The molecule has 0 fully saturated rings. The zero-order chi connectivity index (χ0) is 17.1. The lowest BCUT2D eigenvalue weighted by Crippen LogP contribution is -2.22. The molecule has 3 aromatic rings. The summed E-state index contributed by atoms with van der Waals surface area (Å²) in [6, 6.07) is 13.1. The Labute approximate surface area is 141 Å². The zero-order valence-corrected chi connectivity index (χ0v) is 13.4. The van der Waals surface area contributed by atoms with Crippen molar-refractivity contribution in [3.63, 3.8) is 0 Å². The first kappa shape index (κ1) is 16.0. The quantitative estimate of drug-likeness (QED) is 0.429. The molecule has 1 N–H and O–H groups in total. The number of nitro groups is 1. The Morgan fingerprint density at radius 3 is 2.83 bits per heavy atom. The fourth-order valence-corrected chi connectivity index (χ4v) is 2.80. The molecule has 0 saturated carbocycles. The molecule has 0 aliphatic carbocycles. The van der Waals surface area contributed by atoms with Crippen LogP contribution in [0.25, 0.3) is 11.1 Å². The number of fused-ring (bicyclic) bond motifs is 1. The molecule has 0 aliphatic heterocycles. The summed E-state index contributed by atoms with van der Waals surface area (Å²) in [5.41, 5.74) is 1.68. The number of carbonyl (C=O) groups is 1. The van der Waals surface area contributed by atoms with Gasteiger partial charge in [0.2, 0.25) is 5.91 Å². The molecule has 1 unspecified atom stereocenters. The third-order valence-electron chi connectivity index (χ3n) is 3.25. The monoisotopic (exact) mass is 343 g/mol. The van der Waals surface area contributed by atoms with Crippen LogP contribution in [0.15, 0.2) is 58.2 Å². The SMILES string of the molecule is CC(Sc1nc2ccccc2o1)C(=O)Nc1cccc([N+](=O)[O-])c1. The van der Waals surface area contributed by atoms with E-state index in [9.17, 15) is 14.9 Å². The molecule has 0 aliphatic rings. The van der Waals surface area contributed by atoms with Gasteiger partial charge in [0.25, 0.3) is 10.9 Å². The molecule has 0 spiro atoms. The predicted octanol–water partition coefficient (Wildman–Crippen LogP) is 3.86. The van der Waals surface area contributed by atoms with Gasteiger partial charge in [-0.15, -0.1) is 0 Å². The molecule has 0 radical (unpaired) electrons. The van der Waals surface area contributed by atoms with Crippen LogP contribution >= 0.6 is 11.8 Å². The molecule has 3 rings (SSSR count). The fraction of sp³-hybridized carbons (Fsp3) is 0.125. The number of thioether (sulfide) groups is 1. The summed E-state index contributed by atoms with van der Waals surface area (Å²) in [7, 11) is 0. The van der Waals surface area contributed by atoms with Crippen molar-refractivity contribution < 1.29 is 14.1 Å². The van der Waals surface area contributed by atoms with Crippen LogP contribution in [0.4, 0.5) is 11.4 Å². The number of nitrogens with zero attached hydrogens (tertiary/aromatic N) is 2. The molecule has 1 atom stereocenters. The highest BCUT2D eigenvalue weighted by molar-refractivity contribution is 8.00. The molecule has 1 aromatic heterocycles. The van der Waals surface area contributed by atoms with E-state index < -0.39 is 10.2 Å². The molecule has 1 amide bonds. The smallest absolute Gasteiger partial charge is 0.271 e. The Bertz CT molecular complexity index is 876. The molecule has 24 heavy (non-hydrogen) atoms. The van der Waals surface area contributed by atoms with Gasteiger partial charge in [-0.3, -0.25) is 14.9 Å². The van der Waals surface area contributed by atoms with Crippen LogP contribution in [0.5, 0.6) is 0 Å². The first-order valence-corrected chi connectivity index (χ1v) is 7.98. The molecule has 7 nitrogen and oxygen atoms in total. The van der Waals surface area contributed by atoms with Crippen LogP contribution in [0.1, 0.15) is 6.92 Å². The van der Waals surface area contributed by atoms with E-state index in [0.29, 0.717) is 16.5 Å². The standard InChI is InChI=1S/C16H13N3O4S/c1-10(24-16-18-13-7-2-3-8-14(13)23-16)15(20)17-11-5-4-6-12(9-11)19(21)22/h2-10H,1H3,(H,17,20). The van der Waals surface area contributed by atoms with E-state index in [-0.39, 0.29) is 11.6 Å². The fourth-order valence-electron chi connectivity index (χ4n) is 2.05. The molecule has 8 heteroatoms. The molecule has 0 bridgehead atoms. The van der Waals surface area contributed by atoms with Gasteiger partial charge in [0.1, 0.15) is 5.52 Å². The number of anilines is 1. The van der Waals surface area contributed by atoms with Crippen LogP contribution in [-0.2, 0) is 4.79 Å². The second-order valence-electron chi connectivity index (χ2n) is 5.00. The Morgan fingerprint density at radius 2 is 2.08 bits per heavy atom. The summed E-state index contributed by atoms with van der Waals surface area (Å²) in [6.45, 7) is 1.71. The average Bonchev–Trinajstić information content (AvgIpc) is 2.97. The van der Waals surface area contributed by atoms with Crippen molar-refractivity contribution in [2.45, 2.75) is 17.4 Å². The van der Waals surface area contributed by atoms with Gasteiger partial charge < -0.3 is 9.73 Å². The number of hydrogen-bond donors (Lipinski definition) is 1. The lowest BCUT2D eigenvalue weighted by atomic mass is 10.2. The number of carbonyl (C=O) groups excluding carboxylic acids is 1. The topological polar surface area (TPSA) is 98.3 Å². The summed E-state index contributed by atoms with van der Waals surface area (Å²) < 4.78 is 5.57. The van der Waals surface area contributed by atoms with Crippen molar-refractivity contribution in [3.05, 3.63) is 58.6 Å². The third kappa shape index (κ3) is 3.54. The normalized spacial score (nSPS) is 12.0. The van der Waals surface area contributed by atoms with Gasteiger partial charge in [0, 0.05) is 17.8 Å². The molecular weight excluding hydrogens is 330 g/mol. The minimum absolute atomic E-state index is 0.0768. The van der Waals surface area contributed by atoms with Crippen molar-refractivity contribution in [2.24, 2.45) is 0 Å². The van der Waals surface area contributed by atoms with Crippen molar-refractivity contribution in [3.8, 4) is 0 Å². The molecule has 1 heterocycles. The van der Waals surface area contributed by atoms with Crippen LogP contribution in [0, 0.1) is 10.1 Å². The minimum Gasteiger partial charge on any atom is -0.431 e. The highest BCUT2D eigenvalue weighted by Crippen LogP contribution is 2.27.